The van der Waals surface area contributed by atoms with Gasteiger partial charge in [-0.3, -0.25) is 4.79 Å². The molecule has 154 valence electrons. The summed E-state index contributed by atoms with van der Waals surface area (Å²) in [6.07, 6.45) is 3.48. The fraction of sp³-hybridized carbons (Fsp3) is 0.522. The summed E-state index contributed by atoms with van der Waals surface area (Å²) in [5, 5.41) is 0. The van der Waals surface area contributed by atoms with Crippen LogP contribution < -0.4 is 4.74 Å². The Kier molecular flexibility index (Phi) is 6.09. The van der Waals surface area contributed by atoms with E-state index < -0.39 is 0 Å². The Morgan fingerprint density at radius 2 is 1.79 bits per heavy atom. The van der Waals surface area contributed by atoms with E-state index in [-0.39, 0.29) is 11.8 Å². The van der Waals surface area contributed by atoms with E-state index in [1.165, 1.54) is 0 Å². The number of ether oxygens (including phenoxy) is 2. The highest BCUT2D eigenvalue weighted by Gasteiger charge is 2.30. The van der Waals surface area contributed by atoms with E-state index >= 15 is 0 Å². The SMILES string of the molecule is Cc1cc(Oc2ccccc2C)nc(C2CCN(C(=O)C3CCOCC3)CC2)n1. The number of amides is 1. The molecular formula is C23H29N3O3. The maximum Gasteiger partial charge on any atom is 0.225 e. The molecule has 29 heavy (non-hydrogen) atoms. The van der Waals surface area contributed by atoms with Gasteiger partial charge in [-0.1, -0.05) is 18.2 Å². The van der Waals surface area contributed by atoms with Gasteiger partial charge in [-0.2, -0.15) is 4.98 Å². The largest absolute Gasteiger partial charge is 0.439 e. The van der Waals surface area contributed by atoms with Crippen LogP contribution in [0, 0.1) is 19.8 Å². The zero-order chi connectivity index (χ0) is 20.2. The van der Waals surface area contributed by atoms with Crippen molar-refractivity contribution in [3.05, 3.63) is 47.4 Å². The molecule has 2 aliphatic rings. The first-order chi connectivity index (χ1) is 14.1. The molecule has 0 radical (unpaired) electrons. The third kappa shape index (κ3) is 4.75. The van der Waals surface area contributed by atoms with Crippen molar-refractivity contribution in [2.24, 2.45) is 5.92 Å². The molecule has 0 bridgehead atoms. The van der Waals surface area contributed by atoms with Gasteiger partial charge < -0.3 is 14.4 Å². The summed E-state index contributed by atoms with van der Waals surface area (Å²) in [7, 11) is 0. The Morgan fingerprint density at radius 3 is 2.52 bits per heavy atom. The van der Waals surface area contributed by atoms with Crippen molar-refractivity contribution in [2.75, 3.05) is 26.3 Å². The van der Waals surface area contributed by atoms with Gasteiger partial charge in [0.15, 0.2) is 0 Å². The van der Waals surface area contributed by atoms with Crippen molar-refractivity contribution in [3.8, 4) is 11.6 Å². The van der Waals surface area contributed by atoms with E-state index in [2.05, 4.69) is 4.98 Å². The Morgan fingerprint density at radius 1 is 1.07 bits per heavy atom. The molecule has 1 amide bonds. The lowest BCUT2D eigenvalue weighted by molar-refractivity contribution is -0.139. The predicted octanol–water partition coefficient (Wildman–Crippen LogP) is 4.02. The molecule has 1 aromatic carbocycles. The molecule has 2 fully saturated rings. The second kappa shape index (κ2) is 8.91. The molecule has 4 rings (SSSR count). The van der Waals surface area contributed by atoms with Gasteiger partial charge in [0.1, 0.15) is 11.6 Å². The number of hydrogen-bond donors (Lipinski definition) is 0. The normalized spacial score (nSPS) is 18.6. The summed E-state index contributed by atoms with van der Waals surface area (Å²) in [4.78, 5) is 24.1. The molecular weight excluding hydrogens is 366 g/mol. The topological polar surface area (TPSA) is 64.5 Å². The molecule has 2 aromatic rings. The van der Waals surface area contributed by atoms with Crippen LogP contribution in [-0.2, 0) is 9.53 Å². The number of likely N-dealkylation sites (tertiary alicyclic amines) is 1. The van der Waals surface area contributed by atoms with E-state index in [0.29, 0.717) is 25.0 Å². The van der Waals surface area contributed by atoms with Crippen molar-refractivity contribution < 1.29 is 14.3 Å². The lowest BCUT2D eigenvalue weighted by atomic mass is 9.93. The summed E-state index contributed by atoms with van der Waals surface area (Å²) in [5.41, 5.74) is 1.98. The fourth-order valence-electron chi connectivity index (χ4n) is 4.14. The first-order valence-electron chi connectivity index (χ1n) is 10.6. The van der Waals surface area contributed by atoms with E-state index in [0.717, 1.165) is 61.6 Å². The Balaban J connectivity index is 1.41. The monoisotopic (exact) mass is 395 g/mol. The van der Waals surface area contributed by atoms with Gasteiger partial charge in [0, 0.05) is 49.9 Å². The number of carbonyl (C=O) groups is 1. The second-order valence-corrected chi connectivity index (χ2v) is 8.06. The molecule has 0 unspecified atom stereocenters. The minimum absolute atomic E-state index is 0.129. The highest BCUT2D eigenvalue weighted by atomic mass is 16.5. The van der Waals surface area contributed by atoms with Crippen LogP contribution >= 0.6 is 0 Å². The molecule has 6 heteroatoms. The molecule has 0 spiro atoms. The molecule has 0 aliphatic carbocycles. The number of hydrogen-bond acceptors (Lipinski definition) is 5. The maximum absolute atomic E-state index is 12.8. The van der Waals surface area contributed by atoms with Gasteiger partial charge >= 0.3 is 0 Å². The quantitative estimate of drug-likeness (QED) is 0.782. The predicted molar refractivity (Wildman–Crippen MR) is 110 cm³/mol. The molecule has 0 N–H and O–H groups in total. The lowest BCUT2D eigenvalue weighted by Gasteiger charge is -2.34. The van der Waals surface area contributed by atoms with Crippen LogP contribution in [0.2, 0.25) is 0 Å². The van der Waals surface area contributed by atoms with E-state index in [9.17, 15) is 4.79 Å². The van der Waals surface area contributed by atoms with Gasteiger partial charge in [0.05, 0.1) is 0 Å². The molecule has 6 nitrogen and oxygen atoms in total. The average Bonchev–Trinajstić information content (AvgIpc) is 2.75. The molecule has 2 aliphatic heterocycles. The summed E-state index contributed by atoms with van der Waals surface area (Å²) in [6, 6.07) is 9.80. The van der Waals surface area contributed by atoms with Crippen molar-refractivity contribution in [1.82, 2.24) is 14.9 Å². The molecule has 1 aromatic heterocycles. The van der Waals surface area contributed by atoms with Gasteiger partial charge in [-0.05, 0) is 51.2 Å². The third-order valence-electron chi connectivity index (χ3n) is 5.90. The number of aromatic nitrogens is 2. The first kappa shape index (κ1) is 19.8. The lowest BCUT2D eigenvalue weighted by Crippen LogP contribution is -2.43. The number of piperidine rings is 1. The minimum Gasteiger partial charge on any atom is -0.439 e. The number of carbonyl (C=O) groups excluding carboxylic acids is 1. The first-order valence-corrected chi connectivity index (χ1v) is 10.6. The number of aryl methyl sites for hydroxylation is 2. The van der Waals surface area contributed by atoms with E-state index in [1.54, 1.807) is 0 Å². The second-order valence-electron chi connectivity index (χ2n) is 8.06. The maximum atomic E-state index is 12.8. The summed E-state index contributed by atoms with van der Waals surface area (Å²) in [6.45, 7) is 6.94. The third-order valence-corrected chi connectivity index (χ3v) is 5.90. The van der Waals surface area contributed by atoms with Crippen molar-refractivity contribution >= 4 is 5.91 Å². The van der Waals surface area contributed by atoms with Crippen molar-refractivity contribution in [2.45, 2.75) is 45.4 Å². The zero-order valence-corrected chi connectivity index (χ0v) is 17.3. The number of rotatable bonds is 4. The molecule has 0 saturated carbocycles. The van der Waals surface area contributed by atoms with Crippen LogP contribution in [0.3, 0.4) is 0 Å². The minimum atomic E-state index is 0.129. The Bertz CT molecular complexity index is 856. The molecule has 0 atom stereocenters. The summed E-state index contributed by atoms with van der Waals surface area (Å²) in [5.74, 6) is 2.90. The number of nitrogens with zero attached hydrogens (tertiary/aromatic N) is 3. The van der Waals surface area contributed by atoms with Crippen LogP contribution in [0.15, 0.2) is 30.3 Å². The van der Waals surface area contributed by atoms with Crippen LogP contribution in [0.4, 0.5) is 0 Å². The van der Waals surface area contributed by atoms with Gasteiger partial charge in [-0.15, -0.1) is 0 Å². The fourth-order valence-corrected chi connectivity index (χ4v) is 4.14. The van der Waals surface area contributed by atoms with Crippen LogP contribution in [-0.4, -0.2) is 47.1 Å². The van der Waals surface area contributed by atoms with E-state index in [1.807, 2.05) is 49.1 Å². The smallest absolute Gasteiger partial charge is 0.225 e. The van der Waals surface area contributed by atoms with Gasteiger partial charge in [-0.25, -0.2) is 4.98 Å². The summed E-state index contributed by atoms with van der Waals surface area (Å²) < 4.78 is 11.4. The van der Waals surface area contributed by atoms with Crippen molar-refractivity contribution in [3.63, 3.8) is 0 Å². The zero-order valence-electron chi connectivity index (χ0n) is 17.3. The summed E-state index contributed by atoms with van der Waals surface area (Å²) >= 11 is 0. The van der Waals surface area contributed by atoms with Crippen LogP contribution in [0.1, 0.15) is 48.7 Å². The van der Waals surface area contributed by atoms with E-state index in [4.69, 9.17) is 14.5 Å². The Hall–Kier alpha value is -2.47. The number of benzene rings is 1. The standard InChI is InChI=1S/C23H29N3O3/c1-16-5-3-4-6-20(16)29-21-15-17(2)24-22(25-21)18-7-11-26(12-8-18)23(27)19-9-13-28-14-10-19/h3-6,15,18-19H,7-14H2,1-2H3. The van der Waals surface area contributed by atoms with Crippen LogP contribution in [0.25, 0.3) is 0 Å². The van der Waals surface area contributed by atoms with Crippen LogP contribution in [0.5, 0.6) is 11.6 Å². The molecule has 2 saturated heterocycles. The Labute approximate surface area is 172 Å². The van der Waals surface area contributed by atoms with Gasteiger partial charge in [0.25, 0.3) is 0 Å². The highest BCUT2D eigenvalue weighted by molar-refractivity contribution is 5.79. The van der Waals surface area contributed by atoms with Crippen molar-refractivity contribution in [1.29, 1.82) is 0 Å². The molecule has 3 heterocycles. The highest BCUT2D eigenvalue weighted by Crippen LogP contribution is 2.30. The average molecular weight is 396 g/mol. The number of para-hydroxylation sites is 1. The van der Waals surface area contributed by atoms with Gasteiger partial charge in [0.2, 0.25) is 11.8 Å².